The molecule has 7 heteroatoms. The fourth-order valence-corrected chi connectivity index (χ4v) is 2.84. The average molecular weight is 318 g/mol. The molecule has 1 fully saturated rings. The lowest BCUT2D eigenvalue weighted by molar-refractivity contribution is -0.117. The van der Waals surface area contributed by atoms with Gasteiger partial charge in [-0.15, -0.1) is 5.10 Å². The zero-order valence-corrected chi connectivity index (χ0v) is 12.7. The van der Waals surface area contributed by atoms with Crippen molar-refractivity contribution in [1.82, 2.24) is 24.8 Å². The molecule has 118 valence electrons. The molecule has 0 spiro atoms. The molecule has 0 aliphatic heterocycles. The van der Waals surface area contributed by atoms with Gasteiger partial charge in [0.1, 0.15) is 0 Å². The fraction of sp³-hybridized carbons (Fsp3) is 0.176. The number of benzene rings is 1. The summed E-state index contributed by atoms with van der Waals surface area (Å²) in [5.41, 5.74) is 3.61. The van der Waals surface area contributed by atoms with Gasteiger partial charge in [-0.1, -0.05) is 12.1 Å². The number of amides is 1. The van der Waals surface area contributed by atoms with E-state index in [4.69, 9.17) is 0 Å². The second-order valence-corrected chi connectivity index (χ2v) is 6.05. The Balaban J connectivity index is 1.59. The summed E-state index contributed by atoms with van der Waals surface area (Å²) in [6.45, 7) is 0. The fourth-order valence-electron chi connectivity index (χ4n) is 2.84. The Labute approximate surface area is 136 Å². The molecular weight excluding hydrogens is 304 g/mol. The van der Waals surface area contributed by atoms with Gasteiger partial charge >= 0.3 is 0 Å². The normalized spacial score (nSPS) is 14.3. The topological polar surface area (TPSA) is 88.0 Å². The van der Waals surface area contributed by atoms with Gasteiger partial charge in [0.05, 0.1) is 17.4 Å². The first-order chi connectivity index (χ1) is 11.8. The Kier molecular flexibility index (Phi) is 2.70. The van der Waals surface area contributed by atoms with Crippen molar-refractivity contribution in [3.8, 4) is 11.3 Å². The molecular formula is C17H14N6O. The van der Waals surface area contributed by atoms with Crippen LogP contribution in [0.25, 0.3) is 27.8 Å². The summed E-state index contributed by atoms with van der Waals surface area (Å²) in [6, 6.07) is 11.8. The lowest BCUT2D eigenvalue weighted by Crippen LogP contribution is -2.14. The first-order valence-corrected chi connectivity index (χ1v) is 7.88. The van der Waals surface area contributed by atoms with Gasteiger partial charge in [-0.3, -0.25) is 15.2 Å². The number of H-pyrrole nitrogens is 1. The van der Waals surface area contributed by atoms with Gasteiger partial charge in [0.2, 0.25) is 11.9 Å². The van der Waals surface area contributed by atoms with E-state index in [1.54, 1.807) is 10.7 Å². The van der Waals surface area contributed by atoms with Crippen LogP contribution in [-0.2, 0) is 4.79 Å². The molecule has 3 heterocycles. The zero-order chi connectivity index (χ0) is 16.1. The minimum Gasteiger partial charge on any atom is -0.293 e. The molecule has 7 nitrogen and oxygen atoms in total. The Morgan fingerprint density at radius 3 is 3.04 bits per heavy atom. The molecule has 0 atom stereocenters. The monoisotopic (exact) mass is 318 g/mol. The van der Waals surface area contributed by atoms with Gasteiger partial charge in [0.25, 0.3) is 0 Å². The van der Waals surface area contributed by atoms with Crippen molar-refractivity contribution in [3.63, 3.8) is 0 Å². The largest absolute Gasteiger partial charge is 0.293 e. The molecule has 0 saturated heterocycles. The van der Waals surface area contributed by atoms with Crippen LogP contribution in [0.15, 0.2) is 42.6 Å². The molecule has 4 aromatic rings. The summed E-state index contributed by atoms with van der Waals surface area (Å²) in [6.07, 6.45) is 3.70. The number of rotatable bonds is 3. The number of anilines is 1. The van der Waals surface area contributed by atoms with Crippen LogP contribution >= 0.6 is 0 Å². The van der Waals surface area contributed by atoms with Gasteiger partial charge in [0, 0.05) is 16.9 Å². The molecule has 1 aliphatic carbocycles. The SMILES string of the molecule is O=C(Nc1nc2cccc(-c3ccc4[nH]ncc4c3)n2n1)C1CC1. The van der Waals surface area contributed by atoms with E-state index in [2.05, 4.69) is 31.7 Å². The maximum absolute atomic E-state index is 11.9. The first-order valence-electron chi connectivity index (χ1n) is 7.88. The van der Waals surface area contributed by atoms with Crippen LogP contribution in [0.4, 0.5) is 5.95 Å². The van der Waals surface area contributed by atoms with E-state index in [1.165, 1.54) is 0 Å². The highest BCUT2D eigenvalue weighted by molar-refractivity contribution is 5.92. The van der Waals surface area contributed by atoms with E-state index < -0.39 is 0 Å². The number of hydrogen-bond donors (Lipinski definition) is 2. The standard InChI is InChI=1S/C17H14N6O/c24-16(10-4-5-10)20-17-19-15-3-1-2-14(23(15)22-17)11-6-7-13-12(8-11)9-18-21-13/h1-3,6-10H,4-5H2,(H,18,21)(H,20,22,24). The molecule has 5 rings (SSSR count). The summed E-state index contributed by atoms with van der Waals surface area (Å²) in [7, 11) is 0. The maximum Gasteiger partial charge on any atom is 0.249 e. The van der Waals surface area contributed by atoms with Crippen LogP contribution < -0.4 is 5.32 Å². The quantitative estimate of drug-likeness (QED) is 0.608. The second kappa shape index (κ2) is 4.89. The maximum atomic E-state index is 11.9. The average Bonchev–Trinajstić information content (AvgIpc) is 3.20. The van der Waals surface area contributed by atoms with E-state index in [0.29, 0.717) is 11.6 Å². The van der Waals surface area contributed by atoms with E-state index >= 15 is 0 Å². The third-order valence-corrected chi connectivity index (χ3v) is 4.28. The number of fused-ring (bicyclic) bond motifs is 2. The van der Waals surface area contributed by atoms with Crippen LogP contribution in [0.1, 0.15) is 12.8 Å². The van der Waals surface area contributed by atoms with Crippen molar-refractivity contribution in [2.45, 2.75) is 12.8 Å². The highest BCUT2D eigenvalue weighted by atomic mass is 16.2. The van der Waals surface area contributed by atoms with E-state index in [9.17, 15) is 4.79 Å². The summed E-state index contributed by atoms with van der Waals surface area (Å²) in [5, 5.41) is 15.3. The number of aromatic amines is 1. The minimum atomic E-state index is 0.00673. The highest BCUT2D eigenvalue weighted by Crippen LogP contribution is 2.30. The molecule has 1 amide bonds. The van der Waals surface area contributed by atoms with Gasteiger partial charge < -0.3 is 0 Å². The van der Waals surface area contributed by atoms with E-state index in [0.717, 1.165) is 35.0 Å². The van der Waals surface area contributed by atoms with Crippen molar-refractivity contribution in [3.05, 3.63) is 42.6 Å². The molecule has 3 aromatic heterocycles. The molecule has 1 aliphatic rings. The lowest BCUT2D eigenvalue weighted by Gasteiger charge is -2.04. The van der Waals surface area contributed by atoms with Crippen LogP contribution in [-0.4, -0.2) is 30.7 Å². The van der Waals surface area contributed by atoms with Crippen molar-refractivity contribution in [2.24, 2.45) is 5.92 Å². The van der Waals surface area contributed by atoms with Crippen LogP contribution in [0.3, 0.4) is 0 Å². The first kappa shape index (κ1) is 13.2. The molecule has 0 unspecified atom stereocenters. The van der Waals surface area contributed by atoms with E-state index in [1.807, 2.05) is 30.3 Å². The second-order valence-electron chi connectivity index (χ2n) is 6.05. The third-order valence-electron chi connectivity index (χ3n) is 4.28. The van der Waals surface area contributed by atoms with Crippen LogP contribution in [0, 0.1) is 5.92 Å². The molecule has 2 N–H and O–H groups in total. The molecule has 0 bridgehead atoms. The summed E-state index contributed by atoms with van der Waals surface area (Å²) >= 11 is 0. The van der Waals surface area contributed by atoms with Gasteiger partial charge in [-0.25, -0.2) is 4.52 Å². The number of pyridine rings is 1. The number of nitrogens with one attached hydrogen (secondary N) is 2. The summed E-state index contributed by atoms with van der Waals surface area (Å²) < 4.78 is 1.75. The summed E-state index contributed by atoms with van der Waals surface area (Å²) in [5.74, 6) is 0.482. The summed E-state index contributed by atoms with van der Waals surface area (Å²) in [4.78, 5) is 16.3. The number of aromatic nitrogens is 5. The minimum absolute atomic E-state index is 0.00673. The van der Waals surface area contributed by atoms with Crippen molar-refractivity contribution >= 4 is 28.4 Å². The van der Waals surface area contributed by atoms with Gasteiger partial charge in [0.15, 0.2) is 5.65 Å². The third kappa shape index (κ3) is 2.13. The number of carbonyl (C=O) groups excluding carboxylic acids is 1. The smallest absolute Gasteiger partial charge is 0.249 e. The Bertz CT molecular complexity index is 1080. The molecule has 1 saturated carbocycles. The van der Waals surface area contributed by atoms with E-state index in [-0.39, 0.29) is 11.8 Å². The number of carbonyl (C=O) groups is 1. The lowest BCUT2D eigenvalue weighted by atomic mass is 10.1. The van der Waals surface area contributed by atoms with Crippen molar-refractivity contribution in [1.29, 1.82) is 0 Å². The van der Waals surface area contributed by atoms with Crippen molar-refractivity contribution < 1.29 is 4.79 Å². The number of nitrogens with zero attached hydrogens (tertiary/aromatic N) is 4. The Morgan fingerprint density at radius 1 is 1.25 bits per heavy atom. The van der Waals surface area contributed by atoms with Crippen LogP contribution in [0.5, 0.6) is 0 Å². The van der Waals surface area contributed by atoms with Gasteiger partial charge in [-0.05, 0) is 37.1 Å². The van der Waals surface area contributed by atoms with Crippen LogP contribution in [0.2, 0.25) is 0 Å². The highest BCUT2D eigenvalue weighted by Gasteiger charge is 2.30. The molecule has 1 aromatic carbocycles. The number of hydrogen-bond acceptors (Lipinski definition) is 4. The van der Waals surface area contributed by atoms with Gasteiger partial charge in [-0.2, -0.15) is 10.1 Å². The molecule has 0 radical (unpaired) electrons. The Hall–Kier alpha value is -3.22. The zero-order valence-electron chi connectivity index (χ0n) is 12.7. The predicted molar refractivity (Wildman–Crippen MR) is 89.4 cm³/mol. The predicted octanol–water partition coefficient (Wildman–Crippen LogP) is 2.62. The van der Waals surface area contributed by atoms with Crippen molar-refractivity contribution in [2.75, 3.05) is 5.32 Å². The molecule has 24 heavy (non-hydrogen) atoms. The Morgan fingerprint density at radius 2 is 2.17 bits per heavy atom.